The molecule has 0 aliphatic heterocycles. The second kappa shape index (κ2) is 9.17. The number of rotatable bonds is 9. The molecule has 0 aliphatic rings. The average molecular weight is 215 g/mol. The Labute approximate surface area is 95.8 Å². The SMILES string of the molecule is CCCC(C)CC(NCC)C(C)OCC. The second-order valence-corrected chi connectivity index (χ2v) is 4.45. The maximum Gasteiger partial charge on any atom is 0.0699 e. The molecular formula is C13H29NO. The van der Waals surface area contributed by atoms with Crippen molar-refractivity contribution in [1.82, 2.24) is 5.32 Å². The van der Waals surface area contributed by atoms with Gasteiger partial charge in [-0.25, -0.2) is 0 Å². The summed E-state index contributed by atoms with van der Waals surface area (Å²) in [5.74, 6) is 0.793. The molecule has 0 heterocycles. The molecule has 0 saturated carbocycles. The Hall–Kier alpha value is -0.0800. The van der Waals surface area contributed by atoms with E-state index in [-0.39, 0.29) is 0 Å². The van der Waals surface area contributed by atoms with E-state index in [0.29, 0.717) is 12.1 Å². The van der Waals surface area contributed by atoms with Gasteiger partial charge in [0.05, 0.1) is 6.10 Å². The third kappa shape index (κ3) is 6.91. The molecule has 0 fully saturated rings. The lowest BCUT2D eigenvalue weighted by Gasteiger charge is -2.27. The molecule has 0 aliphatic carbocycles. The molecule has 0 saturated heterocycles. The highest BCUT2D eigenvalue weighted by Crippen LogP contribution is 2.15. The largest absolute Gasteiger partial charge is 0.377 e. The number of likely N-dealkylation sites (N-methyl/N-ethyl adjacent to an activating group) is 1. The standard InChI is InChI=1S/C13H29NO/c1-6-9-11(4)10-13(14-7-2)12(5)15-8-3/h11-14H,6-10H2,1-5H3. The molecular weight excluding hydrogens is 186 g/mol. The smallest absolute Gasteiger partial charge is 0.0699 e. The fourth-order valence-corrected chi connectivity index (χ4v) is 2.13. The van der Waals surface area contributed by atoms with Gasteiger partial charge >= 0.3 is 0 Å². The summed E-state index contributed by atoms with van der Waals surface area (Å²) in [6.45, 7) is 12.8. The molecule has 3 unspecified atom stereocenters. The Kier molecular flexibility index (Phi) is 9.12. The molecule has 0 aromatic heterocycles. The summed E-state index contributed by atoms with van der Waals surface area (Å²) < 4.78 is 5.67. The number of hydrogen-bond acceptors (Lipinski definition) is 2. The van der Waals surface area contributed by atoms with Crippen LogP contribution in [0.1, 0.15) is 53.9 Å². The number of ether oxygens (including phenoxy) is 1. The molecule has 2 nitrogen and oxygen atoms in total. The lowest BCUT2D eigenvalue weighted by atomic mass is 9.94. The van der Waals surface area contributed by atoms with E-state index < -0.39 is 0 Å². The Balaban J connectivity index is 4.01. The highest BCUT2D eigenvalue weighted by molar-refractivity contribution is 4.75. The normalized spacial score (nSPS) is 17.4. The van der Waals surface area contributed by atoms with Gasteiger partial charge in [-0.15, -0.1) is 0 Å². The maximum absolute atomic E-state index is 5.67. The zero-order chi connectivity index (χ0) is 11.7. The summed E-state index contributed by atoms with van der Waals surface area (Å²) in [6.07, 6.45) is 4.15. The maximum atomic E-state index is 5.67. The van der Waals surface area contributed by atoms with Crippen LogP contribution in [0.5, 0.6) is 0 Å². The third-order valence-corrected chi connectivity index (χ3v) is 2.90. The molecule has 0 rings (SSSR count). The van der Waals surface area contributed by atoms with Crippen molar-refractivity contribution in [2.45, 2.75) is 66.0 Å². The fraction of sp³-hybridized carbons (Fsp3) is 1.00. The van der Waals surface area contributed by atoms with Crippen LogP contribution in [0, 0.1) is 5.92 Å². The van der Waals surface area contributed by atoms with E-state index in [9.17, 15) is 0 Å². The van der Waals surface area contributed by atoms with Crippen molar-refractivity contribution in [2.75, 3.05) is 13.2 Å². The molecule has 0 aromatic carbocycles. The molecule has 2 heteroatoms. The van der Waals surface area contributed by atoms with Crippen molar-refractivity contribution >= 4 is 0 Å². The van der Waals surface area contributed by atoms with Crippen LogP contribution in [0.15, 0.2) is 0 Å². The van der Waals surface area contributed by atoms with Crippen LogP contribution in [0.25, 0.3) is 0 Å². The van der Waals surface area contributed by atoms with Crippen molar-refractivity contribution in [3.05, 3.63) is 0 Å². The van der Waals surface area contributed by atoms with Crippen LogP contribution in [0.3, 0.4) is 0 Å². The molecule has 15 heavy (non-hydrogen) atoms. The molecule has 0 spiro atoms. The van der Waals surface area contributed by atoms with Gasteiger partial charge < -0.3 is 10.1 Å². The van der Waals surface area contributed by atoms with Crippen LogP contribution < -0.4 is 5.32 Å². The van der Waals surface area contributed by atoms with Gasteiger partial charge in [-0.05, 0) is 32.7 Å². The molecule has 0 radical (unpaired) electrons. The Morgan fingerprint density at radius 1 is 1.13 bits per heavy atom. The van der Waals surface area contributed by atoms with Gasteiger partial charge in [0.2, 0.25) is 0 Å². The fourth-order valence-electron chi connectivity index (χ4n) is 2.13. The molecule has 0 amide bonds. The van der Waals surface area contributed by atoms with E-state index in [1.807, 2.05) is 0 Å². The van der Waals surface area contributed by atoms with Crippen LogP contribution in [-0.2, 0) is 4.74 Å². The predicted octanol–water partition coefficient (Wildman–Crippen LogP) is 3.22. The first-order chi connectivity index (χ1) is 7.15. The Morgan fingerprint density at radius 3 is 2.27 bits per heavy atom. The average Bonchev–Trinajstić information content (AvgIpc) is 2.18. The predicted molar refractivity (Wildman–Crippen MR) is 67.2 cm³/mol. The van der Waals surface area contributed by atoms with Crippen LogP contribution >= 0.6 is 0 Å². The second-order valence-electron chi connectivity index (χ2n) is 4.45. The first-order valence-electron chi connectivity index (χ1n) is 6.50. The lowest BCUT2D eigenvalue weighted by molar-refractivity contribution is 0.0412. The van der Waals surface area contributed by atoms with E-state index >= 15 is 0 Å². The Bertz CT molecular complexity index is 138. The number of hydrogen-bond donors (Lipinski definition) is 1. The highest BCUT2D eigenvalue weighted by atomic mass is 16.5. The minimum atomic E-state index is 0.328. The van der Waals surface area contributed by atoms with Crippen LogP contribution in [-0.4, -0.2) is 25.3 Å². The van der Waals surface area contributed by atoms with Gasteiger partial charge in [0.15, 0.2) is 0 Å². The van der Waals surface area contributed by atoms with E-state index in [1.165, 1.54) is 19.3 Å². The minimum absolute atomic E-state index is 0.328. The van der Waals surface area contributed by atoms with Crippen LogP contribution in [0.2, 0.25) is 0 Å². The zero-order valence-electron chi connectivity index (χ0n) is 11.2. The summed E-state index contributed by atoms with van der Waals surface area (Å²) in [7, 11) is 0. The minimum Gasteiger partial charge on any atom is -0.377 e. The monoisotopic (exact) mass is 215 g/mol. The van der Waals surface area contributed by atoms with Gasteiger partial charge in [-0.2, -0.15) is 0 Å². The summed E-state index contributed by atoms with van der Waals surface area (Å²) >= 11 is 0. The first kappa shape index (κ1) is 14.9. The summed E-state index contributed by atoms with van der Waals surface area (Å²) in [5, 5.41) is 3.53. The Morgan fingerprint density at radius 2 is 1.80 bits per heavy atom. The van der Waals surface area contributed by atoms with Gasteiger partial charge in [0.25, 0.3) is 0 Å². The zero-order valence-corrected chi connectivity index (χ0v) is 11.2. The lowest BCUT2D eigenvalue weighted by Crippen LogP contribution is -2.41. The first-order valence-corrected chi connectivity index (χ1v) is 6.50. The van der Waals surface area contributed by atoms with E-state index in [0.717, 1.165) is 19.1 Å². The molecule has 1 N–H and O–H groups in total. The quantitative estimate of drug-likeness (QED) is 0.637. The summed E-state index contributed by atoms with van der Waals surface area (Å²) in [6, 6.07) is 0.511. The van der Waals surface area contributed by atoms with Gasteiger partial charge in [-0.1, -0.05) is 33.6 Å². The summed E-state index contributed by atoms with van der Waals surface area (Å²) in [4.78, 5) is 0. The van der Waals surface area contributed by atoms with Gasteiger partial charge in [-0.3, -0.25) is 0 Å². The van der Waals surface area contributed by atoms with E-state index in [1.54, 1.807) is 0 Å². The summed E-state index contributed by atoms with van der Waals surface area (Å²) in [5.41, 5.74) is 0. The molecule has 0 bridgehead atoms. The van der Waals surface area contributed by atoms with Crippen molar-refractivity contribution < 1.29 is 4.74 Å². The highest BCUT2D eigenvalue weighted by Gasteiger charge is 2.18. The number of nitrogens with one attached hydrogen (secondary N) is 1. The van der Waals surface area contributed by atoms with Gasteiger partial charge in [0.1, 0.15) is 0 Å². The van der Waals surface area contributed by atoms with Gasteiger partial charge in [0, 0.05) is 12.6 Å². The molecule has 3 atom stereocenters. The molecule has 92 valence electrons. The van der Waals surface area contributed by atoms with Crippen molar-refractivity contribution in [3.8, 4) is 0 Å². The topological polar surface area (TPSA) is 21.3 Å². The third-order valence-electron chi connectivity index (χ3n) is 2.90. The molecule has 0 aromatic rings. The van der Waals surface area contributed by atoms with Crippen LogP contribution in [0.4, 0.5) is 0 Å². The van der Waals surface area contributed by atoms with E-state index in [4.69, 9.17) is 4.74 Å². The van der Waals surface area contributed by atoms with Crippen molar-refractivity contribution in [1.29, 1.82) is 0 Å². The van der Waals surface area contributed by atoms with Crippen molar-refractivity contribution in [3.63, 3.8) is 0 Å². The van der Waals surface area contributed by atoms with E-state index in [2.05, 4.69) is 39.9 Å². The van der Waals surface area contributed by atoms with Crippen molar-refractivity contribution in [2.24, 2.45) is 5.92 Å².